The summed E-state index contributed by atoms with van der Waals surface area (Å²) in [4.78, 5) is 0. The van der Waals surface area contributed by atoms with Gasteiger partial charge in [-0.15, -0.1) is 0 Å². The molecule has 0 amide bonds. The molecule has 5 aromatic rings. The second-order valence-corrected chi connectivity index (χ2v) is 8.64. The highest BCUT2D eigenvalue weighted by Crippen LogP contribution is 2.51. The molecule has 158 valence electrons. The predicted octanol–water partition coefficient (Wildman–Crippen LogP) is 7.13. The molecular formula is C32H24O. The number of aliphatic hydroxyl groups is 1. The van der Waals surface area contributed by atoms with E-state index >= 15 is 0 Å². The third-order valence-electron chi connectivity index (χ3n) is 6.88. The van der Waals surface area contributed by atoms with Crippen LogP contribution < -0.4 is 0 Å². The molecule has 1 heteroatoms. The highest BCUT2D eigenvalue weighted by Gasteiger charge is 2.39. The summed E-state index contributed by atoms with van der Waals surface area (Å²) in [7, 11) is 0. The molecule has 0 bridgehead atoms. The second kappa shape index (κ2) is 7.88. The molecule has 0 aliphatic heterocycles. The van der Waals surface area contributed by atoms with Gasteiger partial charge in [0, 0.05) is 5.92 Å². The van der Waals surface area contributed by atoms with Gasteiger partial charge in [0.25, 0.3) is 0 Å². The molecule has 0 spiro atoms. The topological polar surface area (TPSA) is 20.2 Å². The van der Waals surface area contributed by atoms with E-state index in [4.69, 9.17) is 0 Å². The molecule has 1 nitrogen and oxygen atoms in total. The lowest BCUT2D eigenvalue weighted by Gasteiger charge is -2.33. The van der Waals surface area contributed by atoms with E-state index < -0.39 is 5.60 Å². The summed E-state index contributed by atoms with van der Waals surface area (Å²) in [5, 5.41) is 12.6. The molecule has 0 saturated heterocycles. The van der Waals surface area contributed by atoms with Gasteiger partial charge in [-0.25, -0.2) is 0 Å². The van der Waals surface area contributed by atoms with Crippen molar-refractivity contribution in [2.75, 3.05) is 0 Å². The molecule has 0 unspecified atom stereocenters. The van der Waals surface area contributed by atoms with E-state index in [-0.39, 0.29) is 5.92 Å². The van der Waals surface area contributed by atoms with Gasteiger partial charge in [0.1, 0.15) is 5.60 Å². The van der Waals surface area contributed by atoms with Gasteiger partial charge in [-0.3, -0.25) is 0 Å². The molecule has 0 fully saturated rings. The number of hydrogen-bond acceptors (Lipinski definition) is 1. The maximum Gasteiger partial charge on any atom is 0.140 e. The van der Waals surface area contributed by atoms with Crippen molar-refractivity contribution < 1.29 is 5.11 Å². The second-order valence-electron chi connectivity index (χ2n) is 8.64. The van der Waals surface area contributed by atoms with Crippen molar-refractivity contribution in [3.8, 4) is 11.1 Å². The molecule has 5 aromatic carbocycles. The monoisotopic (exact) mass is 424 g/mol. The number of fused-ring (bicyclic) bond motifs is 3. The van der Waals surface area contributed by atoms with Crippen LogP contribution in [0.15, 0.2) is 133 Å². The van der Waals surface area contributed by atoms with Crippen molar-refractivity contribution >= 4 is 0 Å². The third kappa shape index (κ3) is 3.05. The van der Waals surface area contributed by atoms with Crippen LogP contribution in [0.1, 0.15) is 39.3 Å². The quantitative estimate of drug-likeness (QED) is 0.298. The largest absolute Gasteiger partial charge is 0.376 e. The van der Waals surface area contributed by atoms with Crippen molar-refractivity contribution in [1.29, 1.82) is 0 Å². The van der Waals surface area contributed by atoms with E-state index in [1.165, 1.54) is 22.3 Å². The van der Waals surface area contributed by atoms with Crippen LogP contribution in [0.25, 0.3) is 11.1 Å². The minimum Gasteiger partial charge on any atom is -0.376 e. The van der Waals surface area contributed by atoms with Crippen LogP contribution in [-0.2, 0) is 5.60 Å². The Morgan fingerprint density at radius 2 is 0.818 bits per heavy atom. The SMILES string of the molecule is OC(c1ccccc1)(c1ccccc1)c1ccccc1C1c2ccccc2-c2ccccc21. The Bertz CT molecular complexity index is 1330. The maximum absolute atomic E-state index is 12.6. The first-order valence-electron chi connectivity index (χ1n) is 11.4. The van der Waals surface area contributed by atoms with E-state index in [2.05, 4.69) is 66.7 Å². The zero-order valence-electron chi connectivity index (χ0n) is 18.2. The molecule has 1 aliphatic rings. The van der Waals surface area contributed by atoms with Gasteiger partial charge in [-0.05, 0) is 44.5 Å². The Hall–Kier alpha value is -3.94. The maximum atomic E-state index is 12.6. The van der Waals surface area contributed by atoms with Gasteiger partial charge in [0.05, 0.1) is 0 Å². The molecular weight excluding hydrogens is 400 g/mol. The normalized spacial score (nSPS) is 12.9. The Morgan fingerprint density at radius 1 is 0.424 bits per heavy atom. The summed E-state index contributed by atoms with van der Waals surface area (Å²) in [5.74, 6) is 0.0625. The molecule has 1 N–H and O–H groups in total. The van der Waals surface area contributed by atoms with Gasteiger partial charge in [-0.2, -0.15) is 0 Å². The molecule has 1 aliphatic carbocycles. The van der Waals surface area contributed by atoms with Crippen LogP contribution in [0, 0.1) is 0 Å². The van der Waals surface area contributed by atoms with E-state index in [1.54, 1.807) is 0 Å². The van der Waals surface area contributed by atoms with Crippen LogP contribution in [-0.4, -0.2) is 5.11 Å². The zero-order valence-corrected chi connectivity index (χ0v) is 18.2. The fourth-order valence-corrected chi connectivity index (χ4v) is 5.41. The van der Waals surface area contributed by atoms with E-state index in [9.17, 15) is 5.11 Å². The van der Waals surface area contributed by atoms with Gasteiger partial charge >= 0.3 is 0 Å². The molecule has 0 heterocycles. The lowest BCUT2D eigenvalue weighted by Crippen LogP contribution is -2.30. The minimum absolute atomic E-state index is 0.0625. The molecule has 6 rings (SSSR count). The highest BCUT2D eigenvalue weighted by molar-refractivity contribution is 5.81. The van der Waals surface area contributed by atoms with E-state index in [1.807, 2.05) is 66.7 Å². The zero-order chi connectivity index (χ0) is 22.3. The first-order chi connectivity index (χ1) is 16.3. The van der Waals surface area contributed by atoms with Crippen molar-refractivity contribution in [1.82, 2.24) is 0 Å². The number of rotatable bonds is 4. The van der Waals surface area contributed by atoms with Crippen molar-refractivity contribution in [2.45, 2.75) is 11.5 Å². The van der Waals surface area contributed by atoms with Gasteiger partial charge in [0.2, 0.25) is 0 Å². The molecule has 0 aromatic heterocycles. The van der Waals surface area contributed by atoms with Gasteiger partial charge < -0.3 is 5.11 Å². The smallest absolute Gasteiger partial charge is 0.140 e. The average Bonchev–Trinajstić information content (AvgIpc) is 3.24. The van der Waals surface area contributed by atoms with Gasteiger partial charge in [0.15, 0.2) is 0 Å². The average molecular weight is 425 g/mol. The molecule has 33 heavy (non-hydrogen) atoms. The van der Waals surface area contributed by atoms with Crippen LogP contribution in [0.4, 0.5) is 0 Å². The Morgan fingerprint density at radius 3 is 1.33 bits per heavy atom. The Balaban J connectivity index is 1.65. The summed E-state index contributed by atoms with van der Waals surface area (Å²) in [6.45, 7) is 0. The van der Waals surface area contributed by atoms with Crippen LogP contribution in [0.5, 0.6) is 0 Å². The van der Waals surface area contributed by atoms with Crippen molar-refractivity contribution in [3.05, 3.63) is 167 Å². The fraction of sp³-hybridized carbons (Fsp3) is 0.0625. The first-order valence-corrected chi connectivity index (χ1v) is 11.4. The van der Waals surface area contributed by atoms with Crippen molar-refractivity contribution in [2.24, 2.45) is 0 Å². The first kappa shape index (κ1) is 19.7. The predicted molar refractivity (Wildman–Crippen MR) is 134 cm³/mol. The summed E-state index contributed by atoms with van der Waals surface area (Å²) in [6.07, 6.45) is 0. The summed E-state index contributed by atoms with van der Waals surface area (Å²) >= 11 is 0. The standard InChI is InChI=1S/C32H24O/c33-32(23-13-3-1-4-14-23,24-15-5-2-6-16-24)30-22-12-11-21-29(30)31-27-19-9-7-17-25(27)26-18-8-10-20-28(26)31/h1-22,31,33H. The molecule has 0 radical (unpaired) electrons. The summed E-state index contributed by atoms with van der Waals surface area (Å²) < 4.78 is 0. The number of hydrogen-bond donors (Lipinski definition) is 1. The van der Waals surface area contributed by atoms with Crippen LogP contribution in [0.3, 0.4) is 0 Å². The summed E-state index contributed by atoms with van der Waals surface area (Å²) in [6, 6.07) is 45.7. The number of benzene rings is 5. The highest BCUT2D eigenvalue weighted by atomic mass is 16.3. The Labute approximate surface area is 194 Å². The lowest BCUT2D eigenvalue weighted by molar-refractivity contribution is 0.124. The Kier molecular flexibility index (Phi) is 4.71. The summed E-state index contributed by atoms with van der Waals surface area (Å²) in [5.41, 5.74) is 7.62. The van der Waals surface area contributed by atoms with Crippen LogP contribution in [0.2, 0.25) is 0 Å². The minimum atomic E-state index is -1.27. The van der Waals surface area contributed by atoms with Gasteiger partial charge in [-0.1, -0.05) is 133 Å². The fourth-order valence-electron chi connectivity index (χ4n) is 5.41. The third-order valence-corrected chi connectivity index (χ3v) is 6.88. The van der Waals surface area contributed by atoms with E-state index in [0.29, 0.717) is 0 Å². The van der Waals surface area contributed by atoms with Crippen LogP contribution >= 0.6 is 0 Å². The molecule has 0 saturated carbocycles. The van der Waals surface area contributed by atoms with Crippen molar-refractivity contribution in [3.63, 3.8) is 0 Å². The van der Waals surface area contributed by atoms with E-state index in [0.717, 1.165) is 22.3 Å². The lowest BCUT2D eigenvalue weighted by atomic mass is 9.74. The molecule has 0 atom stereocenters.